The lowest BCUT2D eigenvalue weighted by Crippen LogP contribution is -2.31. The Bertz CT molecular complexity index is 1670. The van der Waals surface area contributed by atoms with Crippen LogP contribution in [0, 0.1) is 0 Å². The second-order valence-corrected chi connectivity index (χ2v) is 13.5. The largest absolute Gasteiger partial charge is 0.748 e. The quantitative estimate of drug-likeness (QED) is 0.305. The van der Waals surface area contributed by atoms with E-state index in [-0.39, 0.29) is 30.7 Å². The van der Waals surface area contributed by atoms with Crippen LogP contribution in [0.2, 0.25) is 0 Å². The van der Waals surface area contributed by atoms with Gasteiger partial charge in [-0.05, 0) is 48.7 Å². The number of hydrogen-bond acceptors (Lipinski definition) is 10. The molecule has 2 aromatic rings. The summed E-state index contributed by atoms with van der Waals surface area (Å²) in [7, 11) is -16.2. The van der Waals surface area contributed by atoms with Gasteiger partial charge in [-0.15, -0.1) is 12.6 Å². The van der Waals surface area contributed by atoms with Crippen molar-refractivity contribution in [2.45, 2.75) is 43.4 Å². The minimum atomic E-state index is -4.48. The van der Waals surface area contributed by atoms with Crippen molar-refractivity contribution in [2.24, 2.45) is 0 Å². The van der Waals surface area contributed by atoms with E-state index >= 15 is 0 Å². The fraction of sp³-hybridized carbons (Fsp3) is 0.450. The van der Waals surface area contributed by atoms with Crippen LogP contribution in [0.3, 0.4) is 0 Å². The summed E-state index contributed by atoms with van der Waals surface area (Å²) in [5.41, 5.74) is 1.35. The zero-order valence-corrected chi connectivity index (χ0v) is 23.0. The van der Waals surface area contributed by atoms with Crippen molar-refractivity contribution in [2.75, 3.05) is 18.1 Å². The van der Waals surface area contributed by atoms with Crippen LogP contribution in [0.15, 0.2) is 35.2 Å². The Balaban J connectivity index is 0.00000112. The summed E-state index contributed by atoms with van der Waals surface area (Å²) >= 11 is 0. The fourth-order valence-corrected chi connectivity index (χ4v) is 6.01. The van der Waals surface area contributed by atoms with Gasteiger partial charge >= 0.3 is 10.6 Å². The van der Waals surface area contributed by atoms with Crippen LogP contribution in [-0.2, 0) is 46.4 Å². The molecule has 0 bridgehead atoms. The van der Waals surface area contributed by atoms with Crippen LogP contribution in [0.4, 0.5) is 5.69 Å². The molecule has 37 heavy (non-hydrogen) atoms. The molecule has 13 nitrogen and oxygen atoms in total. The van der Waals surface area contributed by atoms with Gasteiger partial charge in [0.1, 0.15) is 6.54 Å². The van der Waals surface area contributed by atoms with E-state index in [0.29, 0.717) is 22.0 Å². The Morgan fingerprint density at radius 3 is 2.03 bits per heavy atom. The molecular formula is C20H25NO12S4. The minimum Gasteiger partial charge on any atom is -0.748 e. The van der Waals surface area contributed by atoms with Crippen molar-refractivity contribution in [3.63, 3.8) is 0 Å². The molecule has 0 aromatic heterocycles. The number of fused-ring (bicyclic) bond motifs is 3. The van der Waals surface area contributed by atoms with Gasteiger partial charge < -0.3 is 4.55 Å². The van der Waals surface area contributed by atoms with E-state index in [2.05, 4.69) is 0 Å². The summed E-state index contributed by atoms with van der Waals surface area (Å²) < 4.78 is 125. The van der Waals surface area contributed by atoms with E-state index in [4.69, 9.17) is 17.2 Å². The van der Waals surface area contributed by atoms with Crippen LogP contribution >= 0.6 is 0 Å². The molecule has 1 heterocycles. The predicted molar refractivity (Wildman–Crippen MR) is 131 cm³/mol. The van der Waals surface area contributed by atoms with Crippen molar-refractivity contribution >= 4 is 63.1 Å². The van der Waals surface area contributed by atoms with Gasteiger partial charge in [0.2, 0.25) is 5.69 Å². The molecule has 0 fully saturated rings. The van der Waals surface area contributed by atoms with Crippen LogP contribution in [0.1, 0.15) is 38.7 Å². The van der Waals surface area contributed by atoms with Crippen molar-refractivity contribution < 1.29 is 56.1 Å². The van der Waals surface area contributed by atoms with E-state index in [1.807, 2.05) is 11.5 Å². The minimum absolute atomic E-state index is 0.0623. The van der Waals surface area contributed by atoms with Crippen LogP contribution < -0.4 is 0 Å². The van der Waals surface area contributed by atoms with Gasteiger partial charge in [0.25, 0.3) is 20.2 Å². The third-order valence-electron chi connectivity index (χ3n) is 6.17. The summed E-state index contributed by atoms with van der Waals surface area (Å²) in [6.45, 7) is 3.87. The molecule has 1 atom stereocenters. The molecule has 0 aliphatic carbocycles. The highest BCUT2D eigenvalue weighted by Gasteiger charge is 2.47. The average Bonchev–Trinajstić information content (AvgIpc) is 2.92. The molecule has 0 radical (unpaired) electrons. The van der Waals surface area contributed by atoms with Gasteiger partial charge in [-0.25, -0.2) is 8.42 Å². The van der Waals surface area contributed by atoms with Crippen LogP contribution in [-0.4, -0.2) is 79.9 Å². The van der Waals surface area contributed by atoms with Crippen molar-refractivity contribution in [1.82, 2.24) is 0 Å². The molecule has 2 aromatic carbocycles. The Kier molecular flexibility index (Phi) is 9.38. The standard InChI is InChI=1S/C20H25NO9S3.O3S/c1-14-20(2,9-3-11-31(22,23)24)19-17-13-16(33(28,29)30)7-5-15(17)6-8-18(19)21(14)10-4-12-32(25,26)27;1-4(2)3/h5-8,13H,3-4,9-12H2,1-2H3,(H2-,22,23,24,25,26,27,28,29,30);. The fourth-order valence-electron chi connectivity index (χ4n) is 4.51. The van der Waals surface area contributed by atoms with Gasteiger partial charge in [-0.2, -0.15) is 21.4 Å². The first-order valence-corrected chi connectivity index (χ1v) is 16.2. The molecule has 3 rings (SSSR count). The molecule has 206 valence electrons. The lowest BCUT2D eigenvalue weighted by atomic mass is 9.74. The van der Waals surface area contributed by atoms with E-state index < -0.39 is 57.9 Å². The summed E-state index contributed by atoms with van der Waals surface area (Å²) in [5, 5.41) is 1.23. The topological polar surface area (TPSA) is 220 Å². The molecule has 0 saturated carbocycles. The van der Waals surface area contributed by atoms with Gasteiger partial charge in [0.15, 0.2) is 5.71 Å². The third-order valence-corrected chi connectivity index (χ3v) is 8.61. The molecule has 0 spiro atoms. The summed E-state index contributed by atoms with van der Waals surface area (Å²) in [5.74, 6) is -1.01. The van der Waals surface area contributed by atoms with Crippen molar-refractivity contribution in [3.05, 3.63) is 35.9 Å². The van der Waals surface area contributed by atoms with E-state index in [0.717, 1.165) is 5.71 Å². The number of rotatable bonds is 9. The first-order chi connectivity index (χ1) is 16.8. The molecule has 0 amide bonds. The van der Waals surface area contributed by atoms with Gasteiger partial charge in [-0.3, -0.25) is 9.11 Å². The maximum Gasteiger partial charge on any atom is 0.425 e. The summed E-state index contributed by atoms with van der Waals surface area (Å²) in [6, 6.07) is 7.75. The number of nitrogens with zero attached hydrogens (tertiary/aromatic N) is 1. The zero-order chi connectivity index (χ0) is 28.4. The smallest absolute Gasteiger partial charge is 0.425 e. The lowest BCUT2D eigenvalue weighted by Gasteiger charge is -2.23. The second kappa shape index (κ2) is 11.2. The Morgan fingerprint density at radius 2 is 1.51 bits per heavy atom. The normalized spacial score (nSPS) is 17.9. The SMILES string of the molecule is CC1=[N+](CCCS(=O)(=O)[O-])c2ccc3ccc(S(=O)(=O)O)cc3c2C1(C)CCCS(=O)(=O)O.O=S(=O)=O. The van der Waals surface area contributed by atoms with E-state index in [9.17, 15) is 34.4 Å². The molecule has 1 aliphatic heterocycles. The number of benzene rings is 2. The van der Waals surface area contributed by atoms with Crippen LogP contribution in [0.5, 0.6) is 0 Å². The van der Waals surface area contributed by atoms with Crippen molar-refractivity contribution in [1.29, 1.82) is 0 Å². The molecule has 1 unspecified atom stereocenters. The first kappa shape index (κ1) is 30.9. The lowest BCUT2D eigenvalue weighted by molar-refractivity contribution is -0.438. The molecule has 17 heteroatoms. The third kappa shape index (κ3) is 8.10. The van der Waals surface area contributed by atoms with E-state index in [1.165, 1.54) is 12.1 Å². The number of hydrogen-bond donors (Lipinski definition) is 2. The molecule has 1 aliphatic rings. The monoisotopic (exact) mass is 599 g/mol. The summed E-state index contributed by atoms with van der Waals surface area (Å²) in [4.78, 5) is -0.294. The highest BCUT2D eigenvalue weighted by atomic mass is 32.2. The highest BCUT2D eigenvalue weighted by Crippen LogP contribution is 2.47. The Morgan fingerprint density at radius 1 is 0.946 bits per heavy atom. The van der Waals surface area contributed by atoms with Gasteiger partial charge in [-0.1, -0.05) is 6.07 Å². The maximum atomic E-state index is 11.7. The van der Waals surface area contributed by atoms with E-state index in [1.54, 1.807) is 25.1 Å². The highest BCUT2D eigenvalue weighted by molar-refractivity contribution is 7.86. The second-order valence-electron chi connectivity index (χ2n) is 8.60. The molecule has 2 N–H and O–H groups in total. The summed E-state index contributed by atoms with van der Waals surface area (Å²) in [6.07, 6.45) is 0.466. The zero-order valence-electron chi connectivity index (χ0n) is 19.7. The predicted octanol–water partition coefficient (Wildman–Crippen LogP) is 1.06. The van der Waals surface area contributed by atoms with Gasteiger partial charge in [0, 0.05) is 30.7 Å². The Hall–Kier alpha value is -2.28. The Labute approximate surface area is 216 Å². The molecular weight excluding hydrogens is 574 g/mol. The molecule has 0 saturated heterocycles. The maximum absolute atomic E-state index is 11.7. The average molecular weight is 600 g/mol. The van der Waals surface area contributed by atoms with Crippen LogP contribution in [0.25, 0.3) is 10.8 Å². The van der Waals surface area contributed by atoms with Crippen molar-refractivity contribution in [3.8, 4) is 0 Å². The first-order valence-electron chi connectivity index (χ1n) is 10.6. The van der Waals surface area contributed by atoms with Gasteiger partial charge in [0.05, 0.1) is 26.2 Å².